The summed E-state index contributed by atoms with van der Waals surface area (Å²) in [7, 11) is 0. The topological polar surface area (TPSA) is 38.3 Å². The summed E-state index contributed by atoms with van der Waals surface area (Å²) in [6.07, 6.45) is 4.28. The van der Waals surface area contributed by atoms with Crippen molar-refractivity contribution < 1.29 is 9.53 Å². The highest BCUT2D eigenvalue weighted by atomic mass is 16.5. The number of benzene rings is 2. The summed E-state index contributed by atoms with van der Waals surface area (Å²) in [5.74, 6) is 1.50. The molecule has 0 radical (unpaired) electrons. The summed E-state index contributed by atoms with van der Waals surface area (Å²) in [4.78, 5) is 12.1. The van der Waals surface area contributed by atoms with Gasteiger partial charge in [0, 0.05) is 11.1 Å². The molecule has 1 aliphatic heterocycles. The molecule has 2 aromatic carbocycles. The molecule has 1 N–H and O–H groups in total. The van der Waals surface area contributed by atoms with Gasteiger partial charge in [0.1, 0.15) is 11.5 Å². The van der Waals surface area contributed by atoms with Gasteiger partial charge in [0.2, 0.25) is 5.91 Å². The Kier molecular flexibility index (Phi) is 3.73. The maximum atomic E-state index is 12.1. The molecule has 0 saturated carbocycles. The Balaban J connectivity index is 1.98. The molecule has 0 aromatic heterocycles. The van der Waals surface area contributed by atoms with E-state index in [9.17, 15) is 4.79 Å². The highest BCUT2D eigenvalue weighted by Crippen LogP contribution is 2.42. The number of rotatable bonds is 3. The molecule has 0 atom stereocenters. The molecule has 3 nitrogen and oxygen atoms in total. The van der Waals surface area contributed by atoms with Crippen molar-refractivity contribution in [2.24, 2.45) is 0 Å². The minimum absolute atomic E-state index is 0.0895. The van der Waals surface area contributed by atoms with Crippen LogP contribution in [0.1, 0.15) is 30.5 Å². The molecule has 0 unspecified atom stereocenters. The van der Waals surface area contributed by atoms with Crippen molar-refractivity contribution in [3.05, 3.63) is 71.8 Å². The number of hydrogen-bond donors (Lipinski definition) is 1. The third kappa shape index (κ3) is 2.68. The molecule has 0 fully saturated rings. The first-order valence-electron chi connectivity index (χ1n) is 7.12. The SMILES string of the molecule is CC/C=C\C(=O)NC1c2ccccc2Oc2ccccc21. The molecule has 21 heavy (non-hydrogen) atoms. The van der Waals surface area contributed by atoms with Crippen molar-refractivity contribution in [1.82, 2.24) is 5.32 Å². The van der Waals surface area contributed by atoms with Crippen molar-refractivity contribution in [3.8, 4) is 11.5 Å². The summed E-state index contributed by atoms with van der Waals surface area (Å²) >= 11 is 0. The lowest BCUT2D eigenvalue weighted by Crippen LogP contribution is -2.29. The van der Waals surface area contributed by atoms with Gasteiger partial charge in [-0.15, -0.1) is 0 Å². The fraction of sp³-hybridized carbons (Fsp3) is 0.167. The third-order valence-corrected chi connectivity index (χ3v) is 3.47. The lowest BCUT2D eigenvalue weighted by atomic mass is 9.94. The first kappa shape index (κ1) is 13.4. The molecule has 0 bridgehead atoms. The zero-order chi connectivity index (χ0) is 14.7. The maximum Gasteiger partial charge on any atom is 0.244 e. The number of carbonyl (C=O) groups is 1. The van der Waals surface area contributed by atoms with Crippen molar-refractivity contribution in [2.75, 3.05) is 0 Å². The second kappa shape index (κ2) is 5.83. The average molecular weight is 279 g/mol. The van der Waals surface area contributed by atoms with Gasteiger partial charge in [-0.25, -0.2) is 0 Å². The second-order valence-corrected chi connectivity index (χ2v) is 4.93. The molecule has 3 heteroatoms. The van der Waals surface area contributed by atoms with Crippen LogP contribution in [0.3, 0.4) is 0 Å². The van der Waals surface area contributed by atoms with Crippen LogP contribution in [0.15, 0.2) is 60.7 Å². The lowest BCUT2D eigenvalue weighted by molar-refractivity contribution is -0.117. The van der Waals surface area contributed by atoms with E-state index >= 15 is 0 Å². The normalized spacial score (nSPS) is 13.4. The van der Waals surface area contributed by atoms with Gasteiger partial charge in [-0.3, -0.25) is 4.79 Å². The van der Waals surface area contributed by atoms with E-state index in [4.69, 9.17) is 4.74 Å². The number of carbonyl (C=O) groups excluding carboxylic acids is 1. The number of nitrogens with one attached hydrogen (secondary N) is 1. The van der Waals surface area contributed by atoms with Crippen molar-refractivity contribution in [3.63, 3.8) is 0 Å². The first-order chi connectivity index (χ1) is 10.3. The van der Waals surface area contributed by atoms with Gasteiger partial charge in [-0.05, 0) is 24.6 Å². The van der Waals surface area contributed by atoms with E-state index in [0.717, 1.165) is 29.0 Å². The number of amides is 1. The van der Waals surface area contributed by atoms with Crippen molar-refractivity contribution in [2.45, 2.75) is 19.4 Å². The van der Waals surface area contributed by atoms with E-state index < -0.39 is 0 Å². The van der Waals surface area contributed by atoms with Gasteiger partial charge in [0.15, 0.2) is 0 Å². The molecule has 106 valence electrons. The van der Waals surface area contributed by atoms with Crippen LogP contribution in [-0.2, 0) is 4.79 Å². The lowest BCUT2D eigenvalue weighted by Gasteiger charge is -2.28. The molecule has 1 aliphatic rings. The second-order valence-electron chi connectivity index (χ2n) is 4.93. The standard InChI is InChI=1S/C18H17NO2/c1-2-3-12-17(20)19-18-13-8-4-6-10-15(13)21-16-11-7-5-9-14(16)18/h3-12,18H,2H2,1H3,(H,19,20)/b12-3-. The molecule has 0 saturated heterocycles. The molecular weight excluding hydrogens is 262 g/mol. The van der Waals surface area contributed by atoms with Crippen LogP contribution >= 0.6 is 0 Å². The zero-order valence-electron chi connectivity index (χ0n) is 11.9. The monoisotopic (exact) mass is 279 g/mol. The number of hydrogen-bond acceptors (Lipinski definition) is 2. The highest BCUT2D eigenvalue weighted by Gasteiger charge is 2.27. The van der Waals surface area contributed by atoms with Crippen LogP contribution in [0, 0.1) is 0 Å². The van der Waals surface area contributed by atoms with Gasteiger partial charge in [0.25, 0.3) is 0 Å². The summed E-state index contributed by atoms with van der Waals surface area (Å²) in [5, 5.41) is 3.06. The minimum Gasteiger partial charge on any atom is -0.457 e. The third-order valence-electron chi connectivity index (χ3n) is 3.47. The molecule has 0 spiro atoms. The van der Waals surface area contributed by atoms with E-state index in [2.05, 4.69) is 5.32 Å². The van der Waals surface area contributed by atoms with Crippen LogP contribution in [-0.4, -0.2) is 5.91 Å². The fourth-order valence-electron chi connectivity index (χ4n) is 2.48. The van der Waals surface area contributed by atoms with Gasteiger partial charge < -0.3 is 10.1 Å². The van der Waals surface area contributed by atoms with Gasteiger partial charge in [0.05, 0.1) is 6.04 Å². The average Bonchev–Trinajstić information content (AvgIpc) is 2.52. The number of ether oxygens (including phenoxy) is 1. The fourth-order valence-corrected chi connectivity index (χ4v) is 2.48. The zero-order valence-corrected chi connectivity index (χ0v) is 11.9. The Labute approximate surface area is 124 Å². The Morgan fingerprint density at radius 3 is 2.24 bits per heavy atom. The summed E-state index contributed by atoms with van der Waals surface area (Å²) < 4.78 is 5.90. The highest BCUT2D eigenvalue weighted by molar-refractivity contribution is 5.88. The Morgan fingerprint density at radius 2 is 1.67 bits per heavy atom. The van der Waals surface area contributed by atoms with Crippen molar-refractivity contribution in [1.29, 1.82) is 0 Å². The van der Waals surface area contributed by atoms with E-state index in [1.165, 1.54) is 0 Å². The minimum atomic E-state index is -0.180. The maximum absolute atomic E-state index is 12.1. The van der Waals surface area contributed by atoms with Gasteiger partial charge in [-0.1, -0.05) is 49.4 Å². The summed E-state index contributed by atoms with van der Waals surface area (Å²) in [5.41, 5.74) is 1.96. The van der Waals surface area contributed by atoms with E-state index in [0.29, 0.717) is 0 Å². The van der Waals surface area contributed by atoms with Crippen LogP contribution in [0.5, 0.6) is 11.5 Å². The Morgan fingerprint density at radius 1 is 1.10 bits per heavy atom. The number of allylic oxidation sites excluding steroid dienone is 1. The smallest absolute Gasteiger partial charge is 0.244 e. The number of para-hydroxylation sites is 2. The molecule has 0 aliphatic carbocycles. The predicted octanol–water partition coefficient (Wildman–Crippen LogP) is 3.96. The Bertz CT molecular complexity index is 646. The molecule has 1 amide bonds. The van der Waals surface area contributed by atoms with Crippen LogP contribution in [0.2, 0.25) is 0 Å². The number of fused-ring (bicyclic) bond motifs is 2. The quantitative estimate of drug-likeness (QED) is 0.863. The summed E-state index contributed by atoms with van der Waals surface area (Å²) in [6.45, 7) is 2.00. The van der Waals surface area contributed by atoms with Crippen molar-refractivity contribution >= 4 is 5.91 Å². The largest absolute Gasteiger partial charge is 0.457 e. The molecule has 1 heterocycles. The first-order valence-corrected chi connectivity index (χ1v) is 7.12. The van der Waals surface area contributed by atoms with Crippen LogP contribution in [0.25, 0.3) is 0 Å². The van der Waals surface area contributed by atoms with Gasteiger partial charge >= 0.3 is 0 Å². The molecule has 2 aromatic rings. The molecular formula is C18H17NO2. The Hall–Kier alpha value is -2.55. The van der Waals surface area contributed by atoms with E-state index in [1.54, 1.807) is 6.08 Å². The predicted molar refractivity (Wildman–Crippen MR) is 82.4 cm³/mol. The molecule has 3 rings (SSSR count). The van der Waals surface area contributed by atoms with E-state index in [1.807, 2.05) is 61.5 Å². The van der Waals surface area contributed by atoms with Crippen LogP contribution in [0.4, 0.5) is 0 Å². The van der Waals surface area contributed by atoms with Gasteiger partial charge in [-0.2, -0.15) is 0 Å². The summed E-state index contributed by atoms with van der Waals surface area (Å²) in [6, 6.07) is 15.4. The van der Waals surface area contributed by atoms with E-state index in [-0.39, 0.29) is 11.9 Å². The van der Waals surface area contributed by atoms with Crippen LogP contribution < -0.4 is 10.1 Å².